The van der Waals surface area contributed by atoms with Gasteiger partial charge in [0.1, 0.15) is 5.82 Å². The van der Waals surface area contributed by atoms with E-state index in [4.69, 9.17) is 0 Å². The SMILES string of the molecule is CN(C)C(=O)N1CCN(C(=O)CCc2cccc(F)c2)CC1. The summed E-state index contributed by atoms with van der Waals surface area (Å²) in [6.07, 6.45) is 0.901. The molecule has 1 aliphatic rings. The Morgan fingerprint density at radius 3 is 2.36 bits per heavy atom. The lowest BCUT2D eigenvalue weighted by Crippen LogP contribution is -2.52. The number of benzene rings is 1. The van der Waals surface area contributed by atoms with Gasteiger partial charge >= 0.3 is 6.03 Å². The molecule has 0 aliphatic carbocycles. The average molecular weight is 307 g/mol. The van der Waals surface area contributed by atoms with Crippen LogP contribution in [0.15, 0.2) is 24.3 Å². The zero-order chi connectivity index (χ0) is 16.1. The van der Waals surface area contributed by atoms with Gasteiger partial charge < -0.3 is 14.7 Å². The molecule has 22 heavy (non-hydrogen) atoms. The Bertz CT molecular complexity index is 540. The molecule has 0 spiro atoms. The second-order valence-electron chi connectivity index (χ2n) is 5.67. The fourth-order valence-electron chi connectivity index (χ4n) is 2.53. The second-order valence-corrected chi connectivity index (χ2v) is 5.67. The molecule has 1 aliphatic heterocycles. The summed E-state index contributed by atoms with van der Waals surface area (Å²) in [6.45, 7) is 2.23. The molecule has 0 bridgehead atoms. The number of hydrogen-bond acceptors (Lipinski definition) is 2. The third kappa shape index (κ3) is 4.19. The molecule has 0 unspecified atom stereocenters. The summed E-state index contributed by atoms with van der Waals surface area (Å²) in [5.74, 6) is -0.220. The first-order chi connectivity index (χ1) is 10.5. The molecule has 1 saturated heterocycles. The first-order valence-electron chi connectivity index (χ1n) is 7.46. The minimum atomic E-state index is -0.277. The van der Waals surface area contributed by atoms with Gasteiger partial charge in [0.25, 0.3) is 0 Å². The highest BCUT2D eigenvalue weighted by Crippen LogP contribution is 2.10. The number of urea groups is 1. The van der Waals surface area contributed by atoms with Crippen molar-refractivity contribution in [3.8, 4) is 0 Å². The topological polar surface area (TPSA) is 43.9 Å². The molecule has 3 amide bonds. The minimum Gasteiger partial charge on any atom is -0.339 e. The van der Waals surface area contributed by atoms with Crippen molar-refractivity contribution in [1.82, 2.24) is 14.7 Å². The normalized spacial score (nSPS) is 14.9. The molecule has 0 aromatic heterocycles. The van der Waals surface area contributed by atoms with Gasteiger partial charge in [-0.2, -0.15) is 0 Å². The van der Waals surface area contributed by atoms with Crippen LogP contribution in [0.1, 0.15) is 12.0 Å². The molecular weight excluding hydrogens is 285 g/mol. The van der Waals surface area contributed by atoms with E-state index >= 15 is 0 Å². The maximum Gasteiger partial charge on any atom is 0.319 e. The van der Waals surface area contributed by atoms with E-state index in [1.807, 2.05) is 6.07 Å². The van der Waals surface area contributed by atoms with Gasteiger partial charge in [-0.05, 0) is 24.1 Å². The molecule has 0 saturated carbocycles. The van der Waals surface area contributed by atoms with Crippen LogP contribution in [0.4, 0.5) is 9.18 Å². The Hall–Kier alpha value is -2.11. The van der Waals surface area contributed by atoms with E-state index in [0.717, 1.165) is 5.56 Å². The van der Waals surface area contributed by atoms with Crippen molar-refractivity contribution in [2.75, 3.05) is 40.3 Å². The molecule has 0 N–H and O–H groups in total. The van der Waals surface area contributed by atoms with Crippen molar-refractivity contribution in [2.24, 2.45) is 0 Å². The molecule has 1 aromatic rings. The lowest BCUT2D eigenvalue weighted by Gasteiger charge is -2.36. The maximum absolute atomic E-state index is 13.1. The molecule has 2 rings (SSSR count). The van der Waals surface area contributed by atoms with Gasteiger partial charge in [0.2, 0.25) is 5.91 Å². The molecule has 6 heteroatoms. The van der Waals surface area contributed by atoms with Crippen LogP contribution < -0.4 is 0 Å². The predicted octanol–water partition coefficient (Wildman–Crippen LogP) is 1.58. The van der Waals surface area contributed by atoms with E-state index in [1.54, 1.807) is 34.9 Å². The third-order valence-corrected chi connectivity index (χ3v) is 3.80. The van der Waals surface area contributed by atoms with E-state index in [0.29, 0.717) is 39.0 Å². The molecule has 1 fully saturated rings. The van der Waals surface area contributed by atoms with Crippen molar-refractivity contribution in [3.63, 3.8) is 0 Å². The Morgan fingerprint density at radius 1 is 1.14 bits per heavy atom. The molecule has 0 radical (unpaired) electrons. The first kappa shape index (κ1) is 16.3. The fraction of sp³-hybridized carbons (Fsp3) is 0.500. The van der Waals surface area contributed by atoms with Gasteiger partial charge in [-0.3, -0.25) is 4.79 Å². The van der Waals surface area contributed by atoms with Crippen LogP contribution >= 0.6 is 0 Å². The van der Waals surface area contributed by atoms with Crippen molar-refractivity contribution in [3.05, 3.63) is 35.6 Å². The van der Waals surface area contributed by atoms with Gasteiger partial charge in [-0.25, -0.2) is 9.18 Å². The van der Waals surface area contributed by atoms with E-state index < -0.39 is 0 Å². The van der Waals surface area contributed by atoms with Gasteiger partial charge in [-0.1, -0.05) is 12.1 Å². The van der Waals surface area contributed by atoms with E-state index in [1.165, 1.54) is 12.1 Å². The summed E-state index contributed by atoms with van der Waals surface area (Å²) < 4.78 is 13.1. The van der Waals surface area contributed by atoms with Crippen molar-refractivity contribution >= 4 is 11.9 Å². The van der Waals surface area contributed by atoms with E-state index in [2.05, 4.69) is 0 Å². The zero-order valence-electron chi connectivity index (χ0n) is 13.1. The molecule has 1 heterocycles. The van der Waals surface area contributed by atoms with Crippen LogP contribution in [0, 0.1) is 5.82 Å². The monoisotopic (exact) mass is 307 g/mol. The van der Waals surface area contributed by atoms with Gasteiger partial charge in [0.15, 0.2) is 0 Å². The second kappa shape index (κ2) is 7.24. The van der Waals surface area contributed by atoms with Gasteiger partial charge in [0, 0.05) is 46.7 Å². The summed E-state index contributed by atoms with van der Waals surface area (Å²) >= 11 is 0. The lowest BCUT2D eigenvalue weighted by atomic mass is 10.1. The standard InChI is InChI=1S/C16H22FN3O2/c1-18(2)16(22)20-10-8-19(9-11-20)15(21)7-6-13-4-3-5-14(17)12-13/h3-5,12H,6-11H2,1-2H3. The number of nitrogens with zero attached hydrogens (tertiary/aromatic N) is 3. The highest BCUT2D eigenvalue weighted by Gasteiger charge is 2.24. The van der Waals surface area contributed by atoms with Crippen molar-refractivity contribution in [1.29, 1.82) is 0 Å². The lowest BCUT2D eigenvalue weighted by molar-refractivity contribution is -0.132. The van der Waals surface area contributed by atoms with E-state index in [9.17, 15) is 14.0 Å². The number of carbonyl (C=O) groups excluding carboxylic acids is 2. The summed E-state index contributed by atoms with van der Waals surface area (Å²) in [7, 11) is 3.44. The highest BCUT2D eigenvalue weighted by molar-refractivity contribution is 5.77. The average Bonchev–Trinajstić information content (AvgIpc) is 2.52. The Balaban J connectivity index is 1.79. The number of amides is 3. The first-order valence-corrected chi connectivity index (χ1v) is 7.46. The molecule has 120 valence electrons. The Labute approximate surface area is 130 Å². The molecule has 1 aromatic carbocycles. The maximum atomic E-state index is 13.1. The van der Waals surface area contributed by atoms with Crippen LogP contribution in [0.25, 0.3) is 0 Å². The minimum absolute atomic E-state index is 0.0214. The van der Waals surface area contributed by atoms with Crippen molar-refractivity contribution < 1.29 is 14.0 Å². The summed E-state index contributed by atoms with van der Waals surface area (Å²) in [6, 6.07) is 6.31. The number of rotatable bonds is 3. The third-order valence-electron chi connectivity index (χ3n) is 3.80. The van der Waals surface area contributed by atoms with Crippen LogP contribution in [-0.4, -0.2) is 66.9 Å². The predicted molar refractivity (Wildman–Crippen MR) is 82.0 cm³/mol. The molecular formula is C16H22FN3O2. The van der Waals surface area contributed by atoms with Crippen LogP contribution in [0.5, 0.6) is 0 Å². The quantitative estimate of drug-likeness (QED) is 0.851. The largest absolute Gasteiger partial charge is 0.339 e. The summed E-state index contributed by atoms with van der Waals surface area (Å²) in [4.78, 5) is 29.1. The van der Waals surface area contributed by atoms with Crippen molar-refractivity contribution in [2.45, 2.75) is 12.8 Å². The number of piperazine rings is 1. The fourth-order valence-corrected chi connectivity index (χ4v) is 2.53. The smallest absolute Gasteiger partial charge is 0.319 e. The summed E-state index contributed by atoms with van der Waals surface area (Å²) in [5.41, 5.74) is 0.828. The Morgan fingerprint density at radius 2 is 1.77 bits per heavy atom. The number of carbonyl (C=O) groups is 2. The van der Waals surface area contributed by atoms with Crippen LogP contribution in [0.3, 0.4) is 0 Å². The molecule has 5 nitrogen and oxygen atoms in total. The zero-order valence-corrected chi connectivity index (χ0v) is 13.1. The van der Waals surface area contributed by atoms with Gasteiger partial charge in [0.05, 0.1) is 0 Å². The Kier molecular flexibility index (Phi) is 5.35. The number of aryl methyl sites for hydroxylation is 1. The van der Waals surface area contributed by atoms with Crippen LogP contribution in [0.2, 0.25) is 0 Å². The van der Waals surface area contributed by atoms with Gasteiger partial charge in [-0.15, -0.1) is 0 Å². The van der Waals surface area contributed by atoms with E-state index in [-0.39, 0.29) is 17.8 Å². The number of hydrogen-bond donors (Lipinski definition) is 0. The van der Waals surface area contributed by atoms with Crippen LogP contribution in [-0.2, 0) is 11.2 Å². The summed E-state index contributed by atoms with van der Waals surface area (Å²) in [5, 5.41) is 0. The highest BCUT2D eigenvalue weighted by atomic mass is 19.1. The molecule has 0 atom stereocenters. The number of halogens is 1.